The second-order valence-corrected chi connectivity index (χ2v) is 4.85. The third-order valence-electron chi connectivity index (χ3n) is 3.24. The summed E-state index contributed by atoms with van der Waals surface area (Å²) < 4.78 is 5.76. The Balaban J connectivity index is 1.79. The van der Waals surface area contributed by atoms with Crippen LogP contribution in [-0.2, 0) is 6.42 Å². The summed E-state index contributed by atoms with van der Waals surface area (Å²) in [6.07, 6.45) is 3.52. The largest absolute Gasteiger partial charge is 0.508 e. The average molecular weight is 240 g/mol. The zero-order chi connectivity index (χ0) is 12.4. The highest BCUT2D eigenvalue weighted by molar-refractivity contribution is 5.41. The van der Waals surface area contributed by atoms with Gasteiger partial charge in [0.1, 0.15) is 17.2 Å². The first-order valence-corrected chi connectivity index (χ1v) is 6.36. The SMILES string of the molecule is Oc1ccc(Oc2ccccc2)cc1CC1CC1. The van der Waals surface area contributed by atoms with E-state index in [2.05, 4.69) is 0 Å². The van der Waals surface area contributed by atoms with Crippen LogP contribution in [0.2, 0.25) is 0 Å². The van der Waals surface area contributed by atoms with Crippen molar-refractivity contribution in [2.45, 2.75) is 19.3 Å². The van der Waals surface area contributed by atoms with Gasteiger partial charge in [-0.15, -0.1) is 0 Å². The van der Waals surface area contributed by atoms with Crippen LogP contribution in [0.4, 0.5) is 0 Å². The smallest absolute Gasteiger partial charge is 0.127 e. The maximum absolute atomic E-state index is 9.82. The molecule has 0 saturated heterocycles. The van der Waals surface area contributed by atoms with Crippen LogP contribution in [-0.4, -0.2) is 5.11 Å². The zero-order valence-corrected chi connectivity index (χ0v) is 10.2. The summed E-state index contributed by atoms with van der Waals surface area (Å²) >= 11 is 0. The molecule has 1 fully saturated rings. The van der Waals surface area contributed by atoms with Gasteiger partial charge in [0.25, 0.3) is 0 Å². The highest BCUT2D eigenvalue weighted by Gasteiger charge is 2.23. The van der Waals surface area contributed by atoms with E-state index in [1.54, 1.807) is 12.1 Å². The Hall–Kier alpha value is -1.96. The number of aromatic hydroxyl groups is 1. The summed E-state index contributed by atoms with van der Waals surface area (Å²) in [5.41, 5.74) is 0.992. The van der Waals surface area contributed by atoms with Crippen molar-refractivity contribution >= 4 is 0 Å². The van der Waals surface area contributed by atoms with Crippen LogP contribution in [0, 0.1) is 5.92 Å². The molecule has 2 aromatic carbocycles. The molecule has 0 atom stereocenters. The number of rotatable bonds is 4. The number of para-hydroxylation sites is 1. The monoisotopic (exact) mass is 240 g/mol. The maximum atomic E-state index is 9.82. The van der Waals surface area contributed by atoms with Gasteiger partial charge in [-0.05, 0) is 61.1 Å². The summed E-state index contributed by atoms with van der Waals surface area (Å²) in [6.45, 7) is 0. The fourth-order valence-corrected chi connectivity index (χ4v) is 2.05. The highest BCUT2D eigenvalue weighted by atomic mass is 16.5. The van der Waals surface area contributed by atoms with Crippen molar-refractivity contribution in [3.05, 3.63) is 54.1 Å². The quantitative estimate of drug-likeness (QED) is 0.870. The Morgan fingerprint density at radius 3 is 2.50 bits per heavy atom. The fraction of sp³-hybridized carbons (Fsp3) is 0.250. The van der Waals surface area contributed by atoms with Crippen LogP contribution in [0.3, 0.4) is 0 Å². The van der Waals surface area contributed by atoms with E-state index in [0.29, 0.717) is 5.75 Å². The van der Waals surface area contributed by atoms with Crippen LogP contribution in [0.5, 0.6) is 17.2 Å². The number of hydrogen-bond donors (Lipinski definition) is 1. The third-order valence-corrected chi connectivity index (χ3v) is 3.24. The first-order valence-electron chi connectivity index (χ1n) is 6.36. The van der Waals surface area contributed by atoms with Gasteiger partial charge in [0, 0.05) is 0 Å². The average Bonchev–Trinajstić information content (AvgIpc) is 3.19. The zero-order valence-electron chi connectivity index (χ0n) is 10.2. The Kier molecular flexibility index (Phi) is 2.93. The summed E-state index contributed by atoms with van der Waals surface area (Å²) in [5.74, 6) is 2.74. The molecule has 3 rings (SSSR count). The highest BCUT2D eigenvalue weighted by Crippen LogP contribution is 2.36. The number of benzene rings is 2. The van der Waals surface area contributed by atoms with E-state index in [4.69, 9.17) is 4.74 Å². The van der Waals surface area contributed by atoms with Gasteiger partial charge < -0.3 is 9.84 Å². The minimum Gasteiger partial charge on any atom is -0.508 e. The molecule has 0 radical (unpaired) electrons. The Labute approximate surface area is 107 Å². The molecule has 0 bridgehead atoms. The molecule has 0 spiro atoms. The molecule has 0 heterocycles. The van der Waals surface area contributed by atoms with Gasteiger partial charge in [-0.1, -0.05) is 18.2 Å². The predicted molar refractivity (Wildman–Crippen MR) is 71.1 cm³/mol. The second-order valence-electron chi connectivity index (χ2n) is 4.85. The third kappa shape index (κ3) is 2.65. The first-order chi connectivity index (χ1) is 8.81. The summed E-state index contributed by atoms with van der Waals surface area (Å²) in [5, 5.41) is 9.82. The molecule has 2 heteroatoms. The summed E-state index contributed by atoms with van der Waals surface area (Å²) in [4.78, 5) is 0. The van der Waals surface area contributed by atoms with Gasteiger partial charge in [0.15, 0.2) is 0 Å². The second kappa shape index (κ2) is 4.73. The molecule has 1 aliphatic carbocycles. The molecule has 92 valence electrons. The Morgan fingerprint density at radius 1 is 1.00 bits per heavy atom. The van der Waals surface area contributed by atoms with Gasteiger partial charge in [0.05, 0.1) is 0 Å². The fourth-order valence-electron chi connectivity index (χ4n) is 2.05. The van der Waals surface area contributed by atoms with Crippen molar-refractivity contribution in [1.82, 2.24) is 0 Å². The van der Waals surface area contributed by atoms with E-state index in [1.165, 1.54) is 12.8 Å². The Bertz CT molecular complexity index is 530. The van der Waals surface area contributed by atoms with Gasteiger partial charge >= 0.3 is 0 Å². The van der Waals surface area contributed by atoms with E-state index in [-0.39, 0.29) is 0 Å². The van der Waals surface area contributed by atoms with Crippen molar-refractivity contribution in [3.63, 3.8) is 0 Å². The van der Waals surface area contributed by atoms with Gasteiger partial charge in [-0.3, -0.25) is 0 Å². The van der Waals surface area contributed by atoms with Crippen LogP contribution in [0.25, 0.3) is 0 Å². The van der Waals surface area contributed by atoms with Crippen LogP contribution in [0.15, 0.2) is 48.5 Å². The Morgan fingerprint density at radius 2 is 1.78 bits per heavy atom. The molecule has 2 aromatic rings. The number of phenolic OH excluding ortho intramolecular Hbond substituents is 1. The van der Waals surface area contributed by atoms with E-state index >= 15 is 0 Å². The lowest BCUT2D eigenvalue weighted by atomic mass is 10.1. The molecular weight excluding hydrogens is 224 g/mol. The standard InChI is InChI=1S/C16H16O2/c17-16-9-8-15(11-13(16)10-12-6-7-12)18-14-4-2-1-3-5-14/h1-5,8-9,11-12,17H,6-7,10H2. The molecule has 0 amide bonds. The van der Waals surface area contributed by atoms with Crippen molar-refractivity contribution in [3.8, 4) is 17.2 Å². The minimum absolute atomic E-state index is 0.377. The minimum atomic E-state index is 0.377. The normalized spacial score (nSPS) is 14.4. The van der Waals surface area contributed by atoms with Crippen molar-refractivity contribution in [1.29, 1.82) is 0 Å². The predicted octanol–water partition coefficient (Wildman–Crippen LogP) is 4.14. The lowest BCUT2D eigenvalue weighted by Gasteiger charge is -2.09. The molecule has 18 heavy (non-hydrogen) atoms. The van der Waals surface area contributed by atoms with E-state index in [9.17, 15) is 5.11 Å². The van der Waals surface area contributed by atoms with Gasteiger partial charge in [-0.2, -0.15) is 0 Å². The lowest BCUT2D eigenvalue weighted by Crippen LogP contribution is -1.90. The van der Waals surface area contributed by atoms with Crippen molar-refractivity contribution in [2.24, 2.45) is 5.92 Å². The molecule has 0 aliphatic heterocycles. The number of ether oxygens (including phenoxy) is 1. The topological polar surface area (TPSA) is 29.5 Å². The molecule has 2 nitrogen and oxygen atoms in total. The van der Waals surface area contributed by atoms with Crippen LogP contribution in [0.1, 0.15) is 18.4 Å². The van der Waals surface area contributed by atoms with E-state index < -0.39 is 0 Å². The molecule has 0 aromatic heterocycles. The lowest BCUT2D eigenvalue weighted by molar-refractivity contribution is 0.456. The van der Waals surface area contributed by atoms with Crippen LogP contribution >= 0.6 is 0 Å². The van der Waals surface area contributed by atoms with E-state index in [0.717, 1.165) is 29.4 Å². The molecule has 0 unspecified atom stereocenters. The van der Waals surface area contributed by atoms with Gasteiger partial charge in [0.2, 0.25) is 0 Å². The molecule has 1 aliphatic rings. The molecule has 1 N–H and O–H groups in total. The first kappa shape index (κ1) is 11.1. The maximum Gasteiger partial charge on any atom is 0.127 e. The summed E-state index contributed by atoms with van der Waals surface area (Å²) in [6, 6.07) is 15.2. The summed E-state index contributed by atoms with van der Waals surface area (Å²) in [7, 11) is 0. The molecule has 1 saturated carbocycles. The van der Waals surface area contributed by atoms with Crippen LogP contribution < -0.4 is 4.74 Å². The molecular formula is C16H16O2. The van der Waals surface area contributed by atoms with Gasteiger partial charge in [-0.25, -0.2) is 0 Å². The van der Waals surface area contributed by atoms with Crippen molar-refractivity contribution < 1.29 is 9.84 Å². The number of phenols is 1. The number of hydrogen-bond acceptors (Lipinski definition) is 2. The van der Waals surface area contributed by atoms with Crippen molar-refractivity contribution in [2.75, 3.05) is 0 Å². The van der Waals surface area contributed by atoms with E-state index in [1.807, 2.05) is 36.4 Å².